The summed E-state index contributed by atoms with van der Waals surface area (Å²) in [5.74, 6) is -2.10. The van der Waals surface area contributed by atoms with Crippen LogP contribution in [0.25, 0.3) is 0 Å². The molecule has 7 nitrogen and oxygen atoms in total. The number of nitrogens with zero attached hydrogens (tertiary/aromatic N) is 1. The summed E-state index contributed by atoms with van der Waals surface area (Å²) in [6.45, 7) is 1.16. The normalized spacial score (nSPS) is 26.3. The minimum atomic E-state index is -4.74. The van der Waals surface area contributed by atoms with E-state index in [2.05, 4.69) is 5.48 Å². The zero-order chi connectivity index (χ0) is 26.9. The number of carbonyl (C=O) groups excluding carboxylic acids is 1. The first-order valence-electron chi connectivity index (χ1n) is 12.1. The summed E-state index contributed by atoms with van der Waals surface area (Å²) >= 11 is 0. The SMILES string of the molecule is CC(CO)ONC(=O)c1ccc(C2C3CCCCC3C(c3ccc(C#N)c(C(F)(F)F)c3)[NH+]2[O-])cc1F. The number of hydrogen-bond acceptors (Lipinski definition) is 5. The van der Waals surface area contributed by atoms with E-state index in [9.17, 15) is 27.6 Å². The highest BCUT2D eigenvalue weighted by molar-refractivity contribution is 5.93. The van der Waals surface area contributed by atoms with Crippen LogP contribution in [0.3, 0.4) is 0 Å². The molecular formula is C26H27F4N3O4. The summed E-state index contributed by atoms with van der Waals surface area (Å²) in [6.07, 6.45) is -2.42. The first-order valence-corrected chi connectivity index (χ1v) is 12.1. The molecule has 6 atom stereocenters. The van der Waals surface area contributed by atoms with Gasteiger partial charge in [0.05, 0.1) is 29.4 Å². The summed E-state index contributed by atoms with van der Waals surface area (Å²) in [5.41, 5.74) is 0.758. The van der Waals surface area contributed by atoms with E-state index in [-0.39, 0.29) is 34.6 Å². The van der Waals surface area contributed by atoms with E-state index in [0.717, 1.165) is 31.0 Å². The molecule has 2 aliphatic rings. The number of aliphatic hydroxyl groups is 1. The number of hydrogen-bond donors (Lipinski definition) is 3. The van der Waals surface area contributed by atoms with Gasteiger partial charge in [-0.3, -0.25) is 9.63 Å². The van der Waals surface area contributed by atoms with Crippen molar-refractivity contribution >= 4 is 5.91 Å². The zero-order valence-electron chi connectivity index (χ0n) is 20.0. The Labute approximate surface area is 211 Å². The van der Waals surface area contributed by atoms with Crippen LogP contribution in [0.2, 0.25) is 0 Å². The van der Waals surface area contributed by atoms with Crippen molar-refractivity contribution in [2.24, 2.45) is 11.8 Å². The molecule has 198 valence electrons. The fraction of sp³-hybridized carbons (Fsp3) is 0.462. The van der Waals surface area contributed by atoms with Crippen LogP contribution in [-0.4, -0.2) is 23.7 Å². The van der Waals surface area contributed by atoms with Gasteiger partial charge >= 0.3 is 6.18 Å². The molecule has 1 heterocycles. The number of aliphatic hydroxyl groups excluding tert-OH is 1. The molecular weight excluding hydrogens is 494 g/mol. The molecule has 2 aromatic rings. The third kappa shape index (κ3) is 5.33. The zero-order valence-corrected chi connectivity index (χ0v) is 20.0. The van der Waals surface area contributed by atoms with E-state index in [1.807, 2.05) is 0 Å². The number of nitrogens with one attached hydrogen (secondary N) is 2. The number of hydroxylamine groups is 3. The van der Waals surface area contributed by atoms with E-state index in [4.69, 9.17) is 15.2 Å². The molecule has 1 amide bonds. The average molecular weight is 522 g/mol. The van der Waals surface area contributed by atoms with Crippen LogP contribution in [0.15, 0.2) is 36.4 Å². The predicted octanol–water partition coefficient (Wildman–Crippen LogP) is 3.74. The maximum atomic E-state index is 15.0. The van der Waals surface area contributed by atoms with Crippen molar-refractivity contribution < 1.29 is 37.4 Å². The smallest absolute Gasteiger partial charge is 0.417 e. The van der Waals surface area contributed by atoms with Gasteiger partial charge in [0.1, 0.15) is 24.0 Å². The van der Waals surface area contributed by atoms with Crippen LogP contribution in [0.1, 0.15) is 77.3 Å². The molecule has 0 radical (unpaired) electrons. The van der Waals surface area contributed by atoms with Crippen molar-refractivity contribution in [1.82, 2.24) is 5.48 Å². The third-order valence-electron chi connectivity index (χ3n) is 7.38. The topological polar surface area (TPSA) is 110 Å². The van der Waals surface area contributed by atoms with Crippen molar-refractivity contribution in [3.05, 3.63) is 75.2 Å². The number of carbonyl (C=O) groups is 1. The van der Waals surface area contributed by atoms with E-state index in [1.165, 1.54) is 25.1 Å². The highest BCUT2D eigenvalue weighted by Crippen LogP contribution is 2.48. The van der Waals surface area contributed by atoms with Crippen LogP contribution >= 0.6 is 0 Å². The molecule has 37 heavy (non-hydrogen) atoms. The maximum Gasteiger partial charge on any atom is 0.417 e. The standard InChI is InChI=1S/C26H27F4N3O4/c1-14(13-34)37-32-25(35)20-9-8-16(11-22(20)27)24-19-5-3-2-4-18(19)23(33(24)36)15-6-7-17(12-31)21(10-15)26(28,29)30/h6-11,14,18-19,23-24,33-34H,2-5,13H2,1H3,(H,32,35). The van der Waals surface area contributed by atoms with Crippen LogP contribution in [0, 0.1) is 34.2 Å². The number of amides is 1. The lowest BCUT2D eigenvalue weighted by molar-refractivity contribution is -0.902. The molecule has 1 saturated heterocycles. The van der Waals surface area contributed by atoms with E-state index < -0.39 is 47.2 Å². The quantitative estimate of drug-likeness (QED) is 0.305. The second-order valence-electron chi connectivity index (χ2n) is 9.67. The van der Waals surface area contributed by atoms with Gasteiger partial charge in [-0.25, -0.2) is 9.87 Å². The summed E-state index contributed by atoms with van der Waals surface area (Å²) in [4.78, 5) is 17.2. The molecule has 6 unspecified atom stereocenters. The summed E-state index contributed by atoms with van der Waals surface area (Å²) in [7, 11) is 0. The van der Waals surface area contributed by atoms with Crippen molar-refractivity contribution in [3.8, 4) is 6.07 Å². The molecule has 0 spiro atoms. The molecule has 1 saturated carbocycles. The Bertz CT molecular complexity index is 1200. The minimum absolute atomic E-state index is 0.177. The molecule has 2 aromatic carbocycles. The Kier molecular flexibility index (Phi) is 7.85. The second kappa shape index (κ2) is 10.8. The Morgan fingerprint density at radius 3 is 2.32 bits per heavy atom. The van der Waals surface area contributed by atoms with E-state index >= 15 is 0 Å². The monoisotopic (exact) mass is 521 g/mol. The van der Waals surface area contributed by atoms with Crippen molar-refractivity contribution in [3.63, 3.8) is 0 Å². The summed E-state index contributed by atoms with van der Waals surface area (Å²) in [5, 5.41) is 31.6. The Morgan fingerprint density at radius 1 is 1.19 bits per heavy atom. The van der Waals surface area contributed by atoms with Crippen LogP contribution < -0.4 is 10.5 Å². The van der Waals surface area contributed by atoms with Gasteiger partial charge in [0, 0.05) is 23.0 Å². The molecule has 4 rings (SSSR count). The van der Waals surface area contributed by atoms with E-state index in [1.54, 1.807) is 6.07 Å². The van der Waals surface area contributed by atoms with Gasteiger partial charge in [-0.2, -0.15) is 18.4 Å². The lowest BCUT2D eigenvalue weighted by Crippen LogP contribution is -3.06. The van der Waals surface area contributed by atoms with Gasteiger partial charge in [-0.15, -0.1) is 0 Å². The number of benzene rings is 2. The number of halogens is 4. The van der Waals surface area contributed by atoms with Gasteiger partial charge in [-0.1, -0.05) is 25.0 Å². The fourth-order valence-electron chi connectivity index (χ4n) is 5.70. The lowest BCUT2D eigenvalue weighted by Gasteiger charge is -2.32. The Balaban J connectivity index is 1.66. The summed E-state index contributed by atoms with van der Waals surface area (Å²) in [6, 6.07) is 7.30. The molecule has 1 aliphatic carbocycles. The lowest BCUT2D eigenvalue weighted by atomic mass is 9.73. The molecule has 1 aliphatic heterocycles. The van der Waals surface area contributed by atoms with Crippen molar-refractivity contribution in [1.29, 1.82) is 5.26 Å². The van der Waals surface area contributed by atoms with Gasteiger partial charge < -0.3 is 15.4 Å². The maximum absolute atomic E-state index is 15.0. The van der Waals surface area contributed by atoms with Crippen LogP contribution in [-0.2, 0) is 11.0 Å². The Morgan fingerprint density at radius 2 is 1.78 bits per heavy atom. The van der Waals surface area contributed by atoms with Crippen molar-refractivity contribution in [2.75, 3.05) is 6.61 Å². The minimum Gasteiger partial charge on any atom is -0.633 e. The highest BCUT2D eigenvalue weighted by atomic mass is 19.4. The fourth-order valence-corrected chi connectivity index (χ4v) is 5.70. The average Bonchev–Trinajstić information content (AvgIpc) is 3.17. The molecule has 2 fully saturated rings. The summed E-state index contributed by atoms with van der Waals surface area (Å²) < 4.78 is 55.8. The molecule has 0 bridgehead atoms. The largest absolute Gasteiger partial charge is 0.633 e. The van der Waals surface area contributed by atoms with Crippen LogP contribution in [0.5, 0.6) is 0 Å². The van der Waals surface area contributed by atoms with Gasteiger partial charge in [-0.05, 0) is 44.0 Å². The number of nitriles is 1. The number of quaternary nitrogens is 1. The van der Waals surface area contributed by atoms with E-state index in [0.29, 0.717) is 18.4 Å². The predicted molar refractivity (Wildman–Crippen MR) is 123 cm³/mol. The third-order valence-corrected chi connectivity index (χ3v) is 7.38. The number of fused-ring (bicyclic) bond motifs is 1. The second-order valence-corrected chi connectivity index (χ2v) is 9.67. The molecule has 3 N–H and O–H groups in total. The Hall–Kier alpha value is -3.04. The molecule has 11 heteroatoms. The van der Waals surface area contributed by atoms with Gasteiger partial charge in [0.2, 0.25) is 0 Å². The van der Waals surface area contributed by atoms with Crippen molar-refractivity contribution in [2.45, 2.75) is 57.0 Å². The first-order chi connectivity index (χ1) is 17.6. The highest BCUT2D eigenvalue weighted by Gasteiger charge is 2.52. The number of alkyl halides is 3. The number of rotatable bonds is 6. The van der Waals surface area contributed by atoms with Gasteiger partial charge in [0.25, 0.3) is 5.91 Å². The van der Waals surface area contributed by atoms with Crippen LogP contribution in [0.4, 0.5) is 17.6 Å². The first kappa shape index (κ1) is 27.0. The molecule has 0 aromatic heterocycles. The van der Waals surface area contributed by atoms with Gasteiger partial charge in [0.15, 0.2) is 0 Å².